The molecule has 1 atom stereocenters. The van der Waals surface area contributed by atoms with E-state index in [1.165, 1.54) is 6.07 Å². The van der Waals surface area contributed by atoms with Gasteiger partial charge in [-0.2, -0.15) is 8.78 Å². The molecular weight excluding hydrogens is 257 g/mol. The van der Waals surface area contributed by atoms with Crippen molar-refractivity contribution in [2.24, 2.45) is 0 Å². The SMILES string of the molecule is O=C(NC1CCCN(c2ccccc2F)C1)C(F)F. The van der Waals surface area contributed by atoms with Crippen LogP contribution in [0.2, 0.25) is 0 Å². The Bertz CT molecular complexity index is 453. The van der Waals surface area contributed by atoms with Crippen LogP contribution in [0, 0.1) is 5.82 Å². The van der Waals surface area contributed by atoms with Crippen LogP contribution in [0.3, 0.4) is 0 Å². The van der Waals surface area contributed by atoms with Crippen LogP contribution < -0.4 is 10.2 Å². The fourth-order valence-electron chi connectivity index (χ4n) is 2.29. The maximum absolute atomic E-state index is 13.6. The molecular formula is C13H15F3N2O. The molecule has 1 aliphatic rings. The van der Waals surface area contributed by atoms with Crippen LogP contribution in [0.25, 0.3) is 0 Å². The normalized spacial score (nSPS) is 19.6. The summed E-state index contributed by atoms with van der Waals surface area (Å²) in [7, 11) is 0. The van der Waals surface area contributed by atoms with Gasteiger partial charge in [-0.25, -0.2) is 4.39 Å². The van der Waals surface area contributed by atoms with Crippen molar-refractivity contribution in [3.63, 3.8) is 0 Å². The van der Waals surface area contributed by atoms with Gasteiger partial charge < -0.3 is 10.2 Å². The molecule has 0 radical (unpaired) electrons. The molecule has 1 fully saturated rings. The fraction of sp³-hybridized carbons (Fsp3) is 0.462. The lowest BCUT2D eigenvalue weighted by atomic mass is 10.0. The molecule has 104 valence electrons. The van der Waals surface area contributed by atoms with E-state index in [4.69, 9.17) is 0 Å². The van der Waals surface area contributed by atoms with E-state index in [1.54, 1.807) is 23.1 Å². The summed E-state index contributed by atoms with van der Waals surface area (Å²) in [6.07, 6.45) is -1.66. The summed E-state index contributed by atoms with van der Waals surface area (Å²) in [4.78, 5) is 12.7. The predicted octanol–water partition coefficient (Wildman–Crippen LogP) is 2.18. The van der Waals surface area contributed by atoms with Gasteiger partial charge >= 0.3 is 6.43 Å². The van der Waals surface area contributed by atoms with Gasteiger partial charge in [-0.05, 0) is 25.0 Å². The summed E-state index contributed by atoms with van der Waals surface area (Å²) in [6.45, 7) is 1.00. The topological polar surface area (TPSA) is 32.3 Å². The van der Waals surface area contributed by atoms with Crippen molar-refractivity contribution >= 4 is 11.6 Å². The van der Waals surface area contributed by atoms with Gasteiger partial charge in [-0.3, -0.25) is 4.79 Å². The van der Waals surface area contributed by atoms with Crippen LogP contribution >= 0.6 is 0 Å². The molecule has 1 aromatic rings. The molecule has 0 aromatic heterocycles. The molecule has 0 saturated carbocycles. The zero-order chi connectivity index (χ0) is 13.8. The van der Waals surface area contributed by atoms with Gasteiger partial charge in [0.2, 0.25) is 0 Å². The second-order valence-electron chi connectivity index (χ2n) is 4.55. The van der Waals surface area contributed by atoms with Crippen LogP contribution in [0.4, 0.5) is 18.9 Å². The van der Waals surface area contributed by atoms with Crippen molar-refractivity contribution in [2.75, 3.05) is 18.0 Å². The number of amides is 1. The number of piperidine rings is 1. The summed E-state index contributed by atoms with van der Waals surface area (Å²) in [5.41, 5.74) is 0.443. The molecule has 2 rings (SSSR count). The van der Waals surface area contributed by atoms with E-state index in [2.05, 4.69) is 5.32 Å². The summed E-state index contributed by atoms with van der Waals surface area (Å²) in [5, 5.41) is 2.28. The lowest BCUT2D eigenvalue weighted by Gasteiger charge is -2.34. The predicted molar refractivity (Wildman–Crippen MR) is 65.8 cm³/mol. The first-order valence-corrected chi connectivity index (χ1v) is 6.16. The van der Waals surface area contributed by atoms with Crippen molar-refractivity contribution in [3.05, 3.63) is 30.1 Å². The third-order valence-electron chi connectivity index (χ3n) is 3.16. The van der Waals surface area contributed by atoms with Crippen molar-refractivity contribution in [1.82, 2.24) is 5.32 Å². The second-order valence-corrected chi connectivity index (χ2v) is 4.55. The minimum atomic E-state index is -3.01. The van der Waals surface area contributed by atoms with Crippen molar-refractivity contribution in [1.29, 1.82) is 0 Å². The van der Waals surface area contributed by atoms with E-state index in [0.717, 1.165) is 6.42 Å². The quantitative estimate of drug-likeness (QED) is 0.914. The van der Waals surface area contributed by atoms with Gasteiger partial charge in [0, 0.05) is 19.1 Å². The van der Waals surface area contributed by atoms with E-state index in [1.807, 2.05) is 0 Å². The average molecular weight is 272 g/mol. The van der Waals surface area contributed by atoms with Crippen molar-refractivity contribution < 1.29 is 18.0 Å². The molecule has 0 spiro atoms. The van der Waals surface area contributed by atoms with E-state index in [-0.39, 0.29) is 11.9 Å². The van der Waals surface area contributed by atoms with E-state index in [9.17, 15) is 18.0 Å². The highest BCUT2D eigenvalue weighted by atomic mass is 19.3. The zero-order valence-electron chi connectivity index (χ0n) is 10.3. The number of alkyl halides is 2. The number of hydrogen-bond donors (Lipinski definition) is 1. The Morgan fingerprint density at radius 3 is 2.79 bits per heavy atom. The highest BCUT2D eigenvalue weighted by Gasteiger charge is 2.25. The Morgan fingerprint density at radius 1 is 1.37 bits per heavy atom. The number of hydrogen-bond acceptors (Lipinski definition) is 2. The highest BCUT2D eigenvalue weighted by molar-refractivity contribution is 5.79. The van der Waals surface area contributed by atoms with Crippen LogP contribution in [-0.4, -0.2) is 31.5 Å². The third kappa shape index (κ3) is 3.39. The monoisotopic (exact) mass is 272 g/mol. The molecule has 1 unspecified atom stereocenters. The number of anilines is 1. The van der Waals surface area contributed by atoms with Gasteiger partial charge in [0.25, 0.3) is 5.91 Å². The summed E-state index contributed by atoms with van der Waals surface area (Å²) < 4.78 is 38.0. The highest BCUT2D eigenvalue weighted by Crippen LogP contribution is 2.22. The van der Waals surface area contributed by atoms with Crippen molar-refractivity contribution in [2.45, 2.75) is 25.3 Å². The Balaban J connectivity index is 2.01. The molecule has 0 aliphatic carbocycles. The summed E-state index contributed by atoms with van der Waals surface area (Å²) >= 11 is 0. The molecule has 3 nitrogen and oxygen atoms in total. The van der Waals surface area contributed by atoms with Crippen molar-refractivity contribution in [3.8, 4) is 0 Å². The lowest BCUT2D eigenvalue weighted by Crippen LogP contribution is -2.49. The molecule has 1 amide bonds. The molecule has 19 heavy (non-hydrogen) atoms. The van der Waals surface area contributed by atoms with Gasteiger partial charge in [0.05, 0.1) is 5.69 Å². The number of nitrogens with zero attached hydrogens (tertiary/aromatic N) is 1. The fourth-order valence-corrected chi connectivity index (χ4v) is 2.29. The standard InChI is InChI=1S/C13H15F3N2O/c14-10-5-1-2-6-11(10)18-7-3-4-9(8-18)17-13(19)12(15)16/h1-2,5-6,9,12H,3-4,7-8H2,(H,17,19). The molecule has 0 bridgehead atoms. The summed E-state index contributed by atoms with van der Waals surface area (Å²) in [5.74, 6) is -1.61. The van der Waals surface area contributed by atoms with Gasteiger partial charge in [0.15, 0.2) is 0 Å². The van der Waals surface area contributed by atoms with Crippen LogP contribution in [-0.2, 0) is 4.79 Å². The van der Waals surface area contributed by atoms with Gasteiger partial charge in [-0.15, -0.1) is 0 Å². The largest absolute Gasteiger partial charge is 0.367 e. The first kappa shape index (κ1) is 13.7. The van der Waals surface area contributed by atoms with E-state index < -0.39 is 12.3 Å². The molecule has 1 saturated heterocycles. The Morgan fingerprint density at radius 2 is 2.11 bits per heavy atom. The van der Waals surface area contributed by atoms with Crippen LogP contribution in [0.15, 0.2) is 24.3 Å². The van der Waals surface area contributed by atoms with Crippen LogP contribution in [0.5, 0.6) is 0 Å². The maximum atomic E-state index is 13.6. The number of halogens is 3. The molecule has 1 aromatic carbocycles. The molecule has 6 heteroatoms. The number of benzene rings is 1. The number of nitrogens with one attached hydrogen (secondary N) is 1. The third-order valence-corrected chi connectivity index (χ3v) is 3.16. The smallest absolute Gasteiger partial charge is 0.315 e. The summed E-state index contributed by atoms with van der Waals surface area (Å²) in [6, 6.07) is 5.96. The maximum Gasteiger partial charge on any atom is 0.315 e. The number of carbonyl (C=O) groups is 1. The van der Waals surface area contributed by atoms with Gasteiger partial charge in [0.1, 0.15) is 5.82 Å². The molecule has 1 aliphatic heterocycles. The average Bonchev–Trinajstić information content (AvgIpc) is 2.39. The van der Waals surface area contributed by atoms with E-state index >= 15 is 0 Å². The Hall–Kier alpha value is -1.72. The number of carbonyl (C=O) groups excluding carboxylic acids is 1. The molecule has 1 heterocycles. The number of para-hydroxylation sites is 1. The zero-order valence-corrected chi connectivity index (χ0v) is 10.3. The van der Waals surface area contributed by atoms with E-state index in [0.29, 0.717) is 25.2 Å². The first-order valence-electron chi connectivity index (χ1n) is 6.16. The minimum absolute atomic E-state index is 0.344. The second kappa shape index (κ2) is 5.95. The van der Waals surface area contributed by atoms with Crippen LogP contribution in [0.1, 0.15) is 12.8 Å². The first-order chi connectivity index (χ1) is 9.08. The van der Waals surface area contributed by atoms with Gasteiger partial charge in [-0.1, -0.05) is 12.1 Å². The lowest BCUT2D eigenvalue weighted by molar-refractivity contribution is -0.132. The Labute approximate surface area is 109 Å². The number of rotatable bonds is 3. The Kier molecular flexibility index (Phi) is 4.29. The minimum Gasteiger partial charge on any atom is -0.367 e. The molecule has 1 N–H and O–H groups in total.